The molecule has 1 fully saturated rings. The normalized spacial score (nSPS) is 24.2. The van der Waals surface area contributed by atoms with Crippen molar-refractivity contribution in [2.75, 3.05) is 13.2 Å². The van der Waals surface area contributed by atoms with E-state index in [0.717, 1.165) is 0 Å². The molecule has 1 N–H and O–H groups in total. The van der Waals surface area contributed by atoms with Crippen LogP contribution in [-0.2, 0) is 14.3 Å². The maximum atomic E-state index is 12.4. The van der Waals surface area contributed by atoms with Gasteiger partial charge in [-0.1, -0.05) is 13.8 Å². The maximum Gasteiger partial charge on any atom is 0.245 e. The maximum absolute atomic E-state index is 12.4. The summed E-state index contributed by atoms with van der Waals surface area (Å²) in [4.78, 5) is 26.0. The van der Waals surface area contributed by atoms with E-state index in [1.165, 1.54) is 0 Å². The van der Waals surface area contributed by atoms with E-state index in [4.69, 9.17) is 4.74 Å². The fourth-order valence-corrected chi connectivity index (χ4v) is 2.27. The summed E-state index contributed by atoms with van der Waals surface area (Å²) in [6.07, 6.45) is 0.675. The average molecular weight is 284 g/mol. The molecule has 1 aliphatic rings. The van der Waals surface area contributed by atoms with E-state index in [-0.39, 0.29) is 17.4 Å². The zero-order valence-corrected chi connectivity index (χ0v) is 13.5. The highest BCUT2D eigenvalue weighted by Gasteiger charge is 2.37. The highest BCUT2D eigenvalue weighted by Crippen LogP contribution is 2.16. The Kier molecular flexibility index (Phi) is 5.57. The monoisotopic (exact) mass is 284 g/mol. The molecule has 0 aromatic rings. The fourth-order valence-electron chi connectivity index (χ4n) is 2.27. The Morgan fingerprint density at radius 1 is 1.30 bits per heavy atom. The van der Waals surface area contributed by atoms with Gasteiger partial charge >= 0.3 is 0 Å². The van der Waals surface area contributed by atoms with Gasteiger partial charge in [-0.2, -0.15) is 0 Å². The van der Waals surface area contributed by atoms with Crippen molar-refractivity contribution in [2.45, 2.75) is 65.6 Å². The first-order valence-corrected chi connectivity index (χ1v) is 7.36. The molecule has 0 saturated carbocycles. The van der Waals surface area contributed by atoms with Gasteiger partial charge in [-0.25, -0.2) is 0 Å². The molecule has 1 rings (SSSR count). The Balaban J connectivity index is 2.65. The molecule has 0 aromatic heterocycles. The summed E-state index contributed by atoms with van der Waals surface area (Å²) < 4.78 is 5.65. The van der Waals surface area contributed by atoms with E-state index >= 15 is 0 Å². The second-order valence-corrected chi connectivity index (χ2v) is 6.86. The third-order valence-corrected chi connectivity index (χ3v) is 3.32. The molecule has 0 spiro atoms. The molecule has 2 atom stereocenters. The predicted octanol–water partition coefficient (Wildman–Crippen LogP) is 1.56. The van der Waals surface area contributed by atoms with Crippen LogP contribution in [0.4, 0.5) is 0 Å². The quantitative estimate of drug-likeness (QED) is 0.833. The number of carbonyl (C=O) groups excluding carboxylic acids is 2. The van der Waals surface area contributed by atoms with Crippen LogP contribution in [0, 0.1) is 5.92 Å². The Morgan fingerprint density at radius 2 is 1.90 bits per heavy atom. The molecule has 0 aromatic carbocycles. The molecule has 5 heteroatoms. The van der Waals surface area contributed by atoms with Crippen LogP contribution in [0.1, 0.15) is 48.0 Å². The van der Waals surface area contributed by atoms with Crippen LogP contribution in [0.15, 0.2) is 0 Å². The minimum Gasteiger partial charge on any atom is -0.374 e. The summed E-state index contributed by atoms with van der Waals surface area (Å²) in [5, 5.41) is 2.81. The molecule has 1 saturated heterocycles. The average Bonchev–Trinajstić information content (AvgIpc) is 2.28. The number of ether oxygens (including phenoxy) is 1. The fraction of sp³-hybridized carbons (Fsp3) is 0.867. The number of rotatable bonds is 5. The van der Waals surface area contributed by atoms with Crippen molar-refractivity contribution in [3.8, 4) is 0 Å². The lowest BCUT2D eigenvalue weighted by atomic mass is 9.99. The van der Waals surface area contributed by atoms with Crippen molar-refractivity contribution in [1.29, 1.82) is 0 Å². The van der Waals surface area contributed by atoms with Gasteiger partial charge in [0, 0.05) is 6.54 Å². The van der Waals surface area contributed by atoms with Gasteiger partial charge < -0.3 is 15.0 Å². The van der Waals surface area contributed by atoms with Crippen LogP contribution in [0.2, 0.25) is 0 Å². The van der Waals surface area contributed by atoms with E-state index in [0.29, 0.717) is 25.5 Å². The van der Waals surface area contributed by atoms with Gasteiger partial charge in [-0.05, 0) is 40.0 Å². The van der Waals surface area contributed by atoms with Gasteiger partial charge in [0.05, 0.1) is 12.2 Å². The number of amides is 2. The van der Waals surface area contributed by atoms with Crippen molar-refractivity contribution in [3.63, 3.8) is 0 Å². The van der Waals surface area contributed by atoms with Crippen LogP contribution < -0.4 is 5.32 Å². The molecule has 2 amide bonds. The largest absolute Gasteiger partial charge is 0.374 e. The topological polar surface area (TPSA) is 58.6 Å². The molecule has 116 valence electrons. The minimum atomic E-state index is -0.422. The van der Waals surface area contributed by atoms with Gasteiger partial charge in [-0.3, -0.25) is 9.59 Å². The summed E-state index contributed by atoms with van der Waals surface area (Å²) in [7, 11) is 0. The number of hydrogen-bond donors (Lipinski definition) is 1. The van der Waals surface area contributed by atoms with Crippen LogP contribution in [0.5, 0.6) is 0 Å². The molecule has 1 heterocycles. The van der Waals surface area contributed by atoms with E-state index in [1.54, 1.807) is 11.8 Å². The number of hydrogen-bond acceptors (Lipinski definition) is 3. The molecule has 1 aliphatic heterocycles. The molecule has 0 bridgehead atoms. The summed E-state index contributed by atoms with van der Waals surface area (Å²) in [5.41, 5.74) is -0.234. The van der Waals surface area contributed by atoms with Gasteiger partial charge in [-0.15, -0.1) is 0 Å². The smallest absolute Gasteiger partial charge is 0.245 e. The van der Waals surface area contributed by atoms with Gasteiger partial charge in [0.25, 0.3) is 0 Å². The van der Waals surface area contributed by atoms with Crippen molar-refractivity contribution < 1.29 is 14.3 Å². The van der Waals surface area contributed by atoms with E-state index < -0.39 is 12.1 Å². The Labute approximate surface area is 122 Å². The molecule has 0 radical (unpaired) electrons. The standard InChI is InChI=1S/C15H28N2O3/c1-10(2)9-12-14(19)17(11(3)13(18)16-12)7-8-20-15(4,5)6/h10-12H,7-9H2,1-6H3,(H,16,18). The molecule has 5 nitrogen and oxygen atoms in total. The highest BCUT2D eigenvalue weighted by atomic mass is 16.5. The van der Waals surface area contributed by atoms with Crippen LogP contribution >= 0.6 is 0 Å². The SMILES string of the molecule is CC(C)CC1NC(=O)C(C)N(CCOC(C)(C)C)C1=O. The summed E-state index contributed by atoms with van der Waals surface area (Å²) >= 11 is 0. The molecule has 2 unspecified atom stereocenters. The van der Waals surface area contributed by atoms with Gasteiger partial charge in [0.2, 0.25) is 11.8 Å². The first kappa shape index (κ1) is 17.0. The molecular formula is C15H28N2O3. The summed E-state index contributed by atoms with van der Waals surface area (Å²) in [6, 6.07) is -0.817. The van der Waals surface area contributed by atoms with Gasteiger partial charge in [0.15, 0.2) is 0 Å². The Hall–Kier alpha value is -1.10. The number of piperazine rings is 1. The first-order valence-electron chi connectivity index (χ1n) is 7.36. The van der Waals surface area contributed by atoms with E-state index in [2.05, 4.69) is 5.32 Å². The van der Waals surface area contributed by atoms with E-state index in [1.807, 2.05) is 34.6 Å². The second-order valence-electron chi connectivity index (χ2n) is 6.86. The molecule has 0 aliphatic carbocycles. The van der Waals surface area contributed by atoms with Crippen molar-refractivity contribution in [1.82, 2.24) is 10.2 Å². The highest BCUT2D eigenvalue weighted by molar-refractivity contribution is 5.96. The summed E-state index contributed by atoms with van der Waals surface area (Å²) in [6.45, 7) is 12.7. The third-order valence-electron chi connectivity index (χ3n) is 3.32. The lowest BCUT2D eigenvalue weighted by molar-refractivity contribution is -0.150. The van der Waals surface area contributed by atoms with Gasteiger partial charge in [0.1, 0.15) is 12.1 Å². The molecular weight excluding hydrogens is 256 g/mol. The van der Waals surface area contributed by atoms with Crippen molar-refractivity contribution in [2.24, 2.45) is 5.92 Å². The Bertz CT molecular complexity index is 361. The number of nitrogens with one attached hydrogen (secondary N) is 1. The second kappa shape index (κ2) is 6.57. The zero-order chi connectivity index (χ0) is 15.5. The van der Waals surface area contributed by atoms with E-state index in [9.17, 15) is 9.59 Å². The summed E-state index contributed by atoms with van der Waals surface area (Å²) in [5.74, 6) is 0.291. The predicted molar refractivity (Wildman–Crippen MR) is 78.3 cm³/mol. The number of nitrogens with zero attached hydrogens (tertiary/aromatic N) is 1. The number of carbonyl (C=O) groups is 2. The third kappa shape index (κ3) is 4.78. The molecule has 20 heavy (non-hydrogen) atoms. The van der Waals surface area contributed by atoms with Crippen molar-refractivity contribution >= 4 is 11.8 Å². The Morgan fingerprint density at radius 3 is 2.40 bits per heavy atom. The first-order chi connectivity index (χ1) is 9.11. The lowest BCUT2D eigenvalue weighted by Gasteiger charge is -2.38. The van der Waals surface area contributed by atoms with Crippen LogP contribution in [0.3, 0.4) is 0 Å². The van der Waals surface area contributed by atoms with Crippen LogP contribution in [0.25, 0.3) is 0 Å². The lowest BCUT2D eigenvalue weighted by Crippen LogP contribution is -2.63. The van der Waals surface area contributed by atoms with Crippen molar-refractivity contribution in [3.05, 3.63) is 0 Å². The van der Waals surface area contributed by atoms with Crippen LogP contribution in [-0.4, -0.2) is 47.6 Å². The minimum absolute atomic E-state index is 0.00306. The zero-order valence-electron chi connectivity index (χ0n) is 13.5.